The monoisotopic (exact) mass is 214 g/mol. The molecule has 0 atom stereocenters. The number of nitriles is 1. The third-order valence-corrected chi connectivity index (χ3v) is 3.09. The van der Waals surface area contributed by atoms with Crippen LogP contribution in [0.3, 0.4) is 0 Å². The van der Waals surface area contributed by atoms with Gasteiger partial charge in [-0.2, -0.15) is 5.26 Å². The highest BCUT2D eigenvalue weighted by Crippen LogP contribution is 2.26. The number of nitrogen functional groups attached to an aromatic ring is 1. The Morgan fingerprint density at radius 2 is 1.93 bits per heavy atom. The van der Waals surface area contributed by atoms with Gasteiger partial charge in [0.15, 0.2) is 0 Å². The van der Waals surface area contributed by atoms with Gasteiger partial charge in [-0.1, -0.05) is 12.1 Å². The molecule has 2 rings (SSSR count). The molecule has 2 nitrogen and oxygen atoms in total. The molecule has 0 bridgehead atoms. The van der Waals surface area contributed by atoms with Crippen molar-refractivity contribution >= 4 is 17.0 Å². The van der Waals surface area contributed by atoms with Crippen molar-refractivity contribution in [1.82, 2.24) is 0 Å². The molecule has 1 aromatic heterocycles. The minimum atomic E-state index is 0.486. The average Bonchev–Trinajstić information content (AvgIpc) is 2.68. The standard InChI is InChI=1S/C12H10N2S/c13-6-5-12-7-10(8-15-12)9-1-3-11(14)4-2-9/h1-4,7-8H,5,14H2. The number of anilines is 1. The molecule has 3 heteroatoms. The van der Waals surface area contributed by atoms with Crippen molar-refractivity contribution in [3.05, 3.63) is 40.6 Å². The topological polar surface area (TPSA) is 49.8 Å². The van der Waals surface area contributed by atoms with Gasteiger partial charge in [-0.25, -0.2) is 0 Å². The quantitative estimate of drug-likeness (QED) is 0.781. The molecule has 0 fully saturated rings. The summed E-state index contributed by atoms with van der Waals surface area (Å²) in [5.74, 6) is 0. The number of thiophene rings is 1. The van der Waals surface area contributed by atoms with E-state index in [4.69, 9.17) is 11.0 Å². The van der Waals surface area contributed by atoms with Gasteiger partial charge in [0.05, 0.1) is 12.5 Å². The highest BCUT2D eigenvalue weighted by Gasteiger charge is 2.01. The lowest BCUT2D eigenvalue weighted by Crippen LogP contribution is -1.82. The smallest absolute Gasteiger partial charge is 0.0695 e. The molecule has 1 heterocycles. The molecule has 0 unspecified atom stereocenters. The van der Waals surface area contributed by atoms with E-state index in [1.807, 2.05) is 24.3 Å². The molecule has 0 aliphatic heterocycles. The molecule has 0 aliphatic carbocycles. The van der Waals surface area contributed by atoms with Crippen molar-refractivity contribution in [2.24, 2.45) is 0 Å². The van der Waals surface area contributed by atoms with Crippen LogP contribution in [0.15, 0.2) is 35.7 Å². The molecule has 1 aromatic carbocycles. The van der Waals surface area contributed by atoms with Gasteiger partial charge >= 0.3 is 0 Å². The molecule has 74 valence electrons. The van der Waals surface area contributed by atoms with Crippen LogP contribution in [-0.2, 0) is 6.42 Å². The number of nitrogens with zero attached hydrogens (tertiary/aromatic N) is 1. The third-order valence-electron chi connectivity index (χ3n) is 2.15. The fourth-order valence-electron chi connectivity index (χ4n) is 1.38. The summed E-state index contributed by atoms with van der Waals surface area (Å²) in [7, 11) is 0. The largest absolute Gasteiger partial charge is 0.399 e. The van der Waals surface area contributed by atoms with Crippen molar-refractivity contribution in [3.8, 4) is 17.2 Å². The van der Waals surface area contributed by atoms with E-state index >= 15 is 0 Å². The van der Waals surface area contributed by atoms with Crippen molar-refractivity contribution in [2.45, 2.75) is 6.42 Å². The Kier molecular flexibility index (Phi) is 2.70. The number of rotatable bonds is 2. The normalized spacial score (nSPS) is 9.80. The summed E-state index contributed by atoms with van der Waals surface area (Å²) in [5, 5.41) is 10.6. The molecule has 0 radical (unpaired) electrons. The van der Waals surface area contributed by atoms with Crippen LogP contribution < -0.4 is 5.73 Å². The van der Waals surface area contributed by atoms with Gasteiger partial charge in [-0.3, -0.25) is 0 Å². The molecule has 0 amide bonds. The predicted octanol–water partition coefficient (Wildman–Crippen LogP) is 3.06. The summed E-state index contributed by atoms with van der Waals surface area (Å²) >= 11 is 1.62. The zero-order chi connectivity index (χ0) is 10.7. The summed E-state index contributed by atoms with van der Waals surface area (Å²) in [6.07, 6.45) is 0.486. The molecule has 2 aromatic rings. The van der Waals surface area contributed by atoms with Gasteiger partial charge in [-0.15, -0.1) is 11.3 Å². The fourth-order valence-corrected chi connectivity index (χ4v) is 2.20. The third kappa shape index (κ3) is 2.17. The van der Waals surface area contributed by atoms with E-state index < -0.39 is 0 Å². The van der Waals surface area contributed by atoms with Gasteiger partial charge in [0.1, 0.15) is 0 Å². The van der Waals surface area contributed by atoms with Crippen LogP contribution in [0.4, 0.5) is 5.69 Å². The second-order valence-corrected chi connectivity index (χ2v) is 4.25. The van der Waals surface area contributed by atoms with Crippen molar-refractivity contribution in [2.75, 3.05) is 5.73 Å². The Hall–Kier alpha value is -1.79. The molecule has 15 heavy (non-hydrogen) atoms. The summed E-state index contributed by atoms with van der Waals surface area (Å²) in [6, 6.07) is 12.0. The number of hydrogen-bond acceptors (Lipinski definition) is 3. The second kappa shape index (κ2) is 4.16. The van der Waals surface area contributed by atoms with Crippen LogP contribution in [0.5, 0.6) is 0 Å². The SMILES string of the molecule is N#CCc1cc(-c2ccc(N)cc2)cs1. The predicted molar refractivity (Wildman–Crippen MR) is 63.5 cm³/mol. The van der Waals surface area contributed by atoms with E-state index in [1.54, 1.807) is 11.3 Å². The highest BCUT2D eigenvalue weighted by molar-refractivity contribution is 7.10. The zero-order valence-corrected chi connectivity index (χ0v) is 8.92. The maximum absolute atomic E-state index is 8.58. The Labute approximate surface area is 92.6 Å². The molecule has 0 saturated carbocycles. The molecular formula is C12H10N2S. The van der Waals surface area contributed by atoms with Gasteiger partial charge in [0.2, 0.25) is 0 Å². The first-order chi connectivity index (χ1) is 7.29. The minimum Gasteiger partial charge on any atom is -0.399 e. The molecular weight excluding hydrogens is 204 g/mol. The first-order valence-corrected chi connectivity index (χ1v) is 5.48. The fraction of sp³-hybridized carbons (Fsp3) is 0.0833. The zero-order valence-electron chi connectivity index (χ0n) is 8.10. The average molecular weight is 214 g/mol. The Morgan fingerprint density at radius 3 is 2.60 bits per heavy atom. The summed E-state index contributed by atoms with van der Waals surface area (Å²) in [6.45, 7) is 0. The number of nitrogens with two attached hydrogens (primary N) is 1. The van der Waals surface area contributed by atoms with E-state index in [-0.39, 0.29) is 0 Å². The van der Waals surface area contributed by atoms with Crippen LogP contribution in [0.25, 0.3) is 11.1 Å². The lowest BCUT2D eigenvalue weighted by atomic mass is 10.1. The first kappa shape index (κ1) is 9.75. The van der Waals surface area contributed by atoms with Crippen LogP contribution in [-0.4, -0.2) is 0 Å². The van der Waals surface area contributed by atoms with Crippen molar-refractivity contribution in [3.63, 3.8) is 0 Å². The summed E-state index contributed by atoms with van der Waals surface area (Å²) in [4.78, 5) is 1.10. The van der Waals surface area contributed by atoms with E-state index in [1.165, 1.54) is 0 Å². The van der Waals surface area contributed by atoms with Gasteiger partial charge in [-0.05, 0) is 34.7 Å². The van der Waals surface area contributed by atoms with Crippen molar-refractivity contribution < 1.29 is 0 Å². The molecule has 0 aliphatic rings. The lowest BCUT2D eigenvalue weighted by Gasteiger charge is -1.97. The van der Waals surface area contributed by atoms with E-state index in [0.29, 0.717) is 6.42 Å². The highest BCUT2D eigenvalue weighted by atomic mass is 32.1. The van der Waals surface area contributed by atoms with Crippen LogP contribution in [0.2, 0.25) is 0 Å². The van der Waals surface area contributed by atoms with Crippen LogP contribution >= 0.6 is 11.3 Å². The maximum Gasteiger partial charge on any atom is 0.0695 e. The summed E-state index contributed by atoms with van der Waals surface area (Å²) < 4.78 is 0. The van der Waals surface area contributed by atoms with E-state index in [2.05, 4.69) is 17.5 Å². The lowest BCUT2D eigenvalue weighted by molar-refractivity contribution is 1.32. The van der Waals surface area contributed by atoms with Crippen LogP contribution in [0.1, 0.15) is 4.88 Å². The maximum atomic E-state index is 8.58. The van der Waals surface area contributed by atoms with Gasteiger partial charge < -0.3 is 5.73 Å². The van der Waals surface area contributed by atoms with E-state index in [0.717, 1.165) is 21.7 Å². The second-order valence-electron chi connectivity index (χ2n) is 3.26. The minimum absolute atomic E-state index is 0.486. The van der Waals surface area contributed by atoms with Crippen LogP contribution in [0, 0.1) is 11.3 Å². The Bertz CT molecular complexity index is 491. The molecule has 2 N–H and O–H groups in total. The number of benzene rings is 1. The number of hydrogen-bond donors (Lipinski definition) is 1. The van der Waals surface area contributed by atoms with E-state index in [9.17, 15) is 0 Å². The Morgan fingerprint density at radius 1 is 1.20 bits per heavy atom. The van der Waals surface area contributed by atoms with Gasteiger partial charge in [0, 0.05) is 10.6 Å². The Balaban J connectivity index is 2.30. The van der Waals surface area contributed by atoms with Gasteiger partial charge in [0.25, 0.3) is 0 Å². The molecule has 0 saturated heterocycles. The van der Waals surface area contributed by atoms with Crippen molar-refractivity contribution in [1.29, 1.82) is 5.26 Å². The molecule has 0 spiro atoms. The summed E-state index contributed by atoms with van der Waals surface area (Å²) in [5.41, 5.74) is 8.69. The first-order valence-electron chi connectivity index (χ1n) is 4.60.